The van der Waals surface area contributed by atoms with E-state index in [1.54, 1.807) is 35.4 Å². The molecular weight excluding hydrogens is 331 g/mol. The molecule has 3 heterocycles. The molecule has 1 aliphatic rings. The molecule has 0 saturated heterocycles. The number of carbonyl (C=O) groups is 1. The zero-order chi connectivity index (χ0) is 16.7. The summed E-state index contributed by atoms with van der Waals surface area (Å²) in [6.45, 7) is 0. The van der Waals surface area contributed by atoms with Gasteiger partial charge in [0, 0.05) is 23.6 Å². The molecule has 1 aliphatic heterocycles. The Kier molecular flexibility index (Phi) is 3.54. The lowest BCUT2D eigenvalue weighted by Gasteiger charge is -2.24. The third-order valence-corrected chi connectivity index (χ3v) is 4.36. The molecule has 4 rings (SSSR count). The van der Waals surface area contributed by atoms with Gasteiger partial charge in [-0.1, -0.05) is 17.7 Å². The van der Waals surface area contributed by atoms with Gasteiger partial charge in [0.25, 0.3) is 0 Å². The van der Waals surface area contributed by atoms with Crippen molar-refractivity contribution in [1.82, 2.24) is 14.5 Å². The molecule has 1 atom stereocenters. The van der Waals surface area contributed by atoms with Crippen LogP contribution in [-0.4, -0.2) is 20.4 Å². The third kappa shape index (κ3) is 2.45. The van der Waals surface area contributed by atoms with Crippen LogP contribution >= 0.6 is 11.6 Å². The highest BCUT2D eigenvalue weighted by atomic mass is 35.5. The first-order chi connectivity index (χ1) is 11.6. The number of nitrogens with one attached hydrogen (secondary N) is 1. The van der Waals surface area contributed by atoms with Gasteiger partial charge in [-0.3, -0.25) is 14.3 Å². The Bertz CT molecular complexity index is 926. The fourth-order valence-electron chi connectivity index (χ4n) is 2.94. The van der Waals surface area contributed by atoms with Crippen molar-refractivity contribution in [3.05, 3.63) is 71.2 Å². The minimum atomic E-state index is -0.412. The van der Waals surface area contributed by atoms with E-state index in [1.807, 2.05) is 6.07 Å². The number of fused-ring (bicyclic) bond motifs is 1. The fraction of sp³-hybridized carbons (Fsp3) is 0.118. The van der Waals surface area contributed by atoms with Crippen LogP contribution in [0.15, 0.2) is 49.1 Å². The van der Waals surface area contributed by atoms with Crippen LogP contribution in [0.3, 0.4) is 0 Å². The normalized spacial score (nSPS) is 16.6. The summed E-state index contributed by atoms with van der Waals surface area (Å²) in [6, 6.07) is 7.87. The Hall–Kier alpha value is -2.73. The number of hydrogen-bond acceptors (Lipinski definition) is 3. The molecule has 1 unspecified atom stereocenters. The highest BCUT2D eigenvalue weighted by Gasteiger charge is 2.32. The van der Waals surface area contributed by atoms with Crippen LogP contribution in [0, 0.1) is 5.82 Å². The summed E-state index contributed by atoms with van der Waals surface area (Å²) < 4.78 is 15.1. The predicted octanol–water partition coefficient (Wildman–Crippen LogP) is 3.53. The van der Waals surface area contributed by atoms with E-state index in [0.717, 1.165) is 5.69 Å². The second-order valence-electron chi connectivity index (χ2n) is 5.53. The van der Waals surface area contributed by atoms with E-state index in [0.29, 0.717) is 17.1 Å². The number of rotatable bonds is 2. The lowest BCUT2D eigenvalue weighted by molar-refractivity contribution is -0.116. The largest absolute Gasteiger partial charge is 0.310 e. The van der Waals surface area contributed by atoms with E-state index in [1.165, 1.54) is 12.1 Å². The second-order valence-corrected chi connectivity index (χ2v) is 5.94. The van der Waals surface area contributed by atoms with E-state index < -0.39 is 5.82 Å². The van der Waals surface area contributed by atoms with Crippen LogP contribution in [-0.2, 0) is 4.79 Å². The summed E-state index contributed by atoms with van der Waals surface area (Å²) in [5, 5.41) is 3.14. The van der Waals surface area contributed by atoms with Crippen LogP contribution in [0.25, 0.3) is 5.69 Å². The van der Waals surface area contributed by atoms with Gasteiger partial charge in [-0.2, -0.15) is 0 Å². The van der Waals surface area contributed by atoms with Crippen LogP contribution in [0.4, 0.5) is 10.2 Å². The van der Waals surface area contributed by atoms with Gasteiger partial charge in [-0.25, -0.2) is 9.37 Å². The second kappa shape index (κ2) is 5.72. The maximum atomic E-state index is 13.3. The highest BCUT2D eigenvalue weighted by molar-refractivity contribution is 6.31. The first-order valence-electron chi connectivity index (χ1n) is 7.36. The van der Waals surface area contributed by atoms with Gasteiger partial charge in [0.1, 0.15) is 18.0 Å². The van der Waals surface area contributed by atoms with Gasteiger partial charge < -0.3 is 5.32 Å². The minimum absolute atomic E-state index is 0.140. The number of nitrogens with zero attached hydrogens (tertiary/aromatic N) is 3. The SMILES string of the molecule is O=C1CC(c2ccc(F)cc2Cl)c2ncn(-c3cccnc3)c2N1. The summed E-state index contributed by atoms with van der Waals surface area (Å²) in [5.74, 6) is -0.284. The molecule has 1 amide bonds. The number of carbonyl (C=O) groups excluding carboxylic acids is 1. The maximum Gasteiger partial charge on any atom is 0.226 e. The fourth-order valence-corrected chi connectivity index (χ4v) is 3.24. The molecular formula is C17H12ClFN4O. The molecule has 0 spiro atoms. The van der Waals surface area contributed by atoms with Gasteiger partial charge in [0.05, 0.1) is 17.6 Å². The lowest BCUT2D eigenvalue weighted by Crippen LogP contribution is -2.25. The van der Waals surface area contributed by atoms with E-state index in [-0.39, 0.29) is 23.3 Å². The smallest absolute Gasteiger partial charge is 0.226 e. The van der Waals surface area contributed by atoms with Crippen LogP contribution in [0.2, 0.25) is 5.02 Å². The number of hydrogen-bond donors (Lipinski definition) is 1. The molecule has 0 fully saturated rings. The van der Waals surface area contributed by atoms with Crippen molar-refractivity contribution >= 4 is 23.3 Å². The summed E-state index contributed by atoms with van der Waals surface area (Å²) in [6.07, 6.45) is 5.20. The number of imidazole rings is 1. The van der Waals surface area contributed by atoms with Crippen LogP contribution < -0.4 is 5.32 Å². The first-order valence-corrected chi connectivity index (χ1v) is 7.73. The first kappa shape index (κ1) is 14.8. The molecule has 24 heavy (non-hydrogen) atoms. The Morgan fingerprint density at radius 1 is 1.33 bits per heavy atom. The van der Waals surface area contributed by atoms with Gasteiger partial charge in [-0.15, -0.1) is 0 Å². The molecule has 0 bridgehead atoms. The number of pyridine rings is 1. The molecule has 7 heteroatoms. The minimum Gasteiger partial charge on any atom is -0.310 e. The molecule has 2 aromatic heterocycles. The van der Waals surface area contributed by atoms with Gasteiger partial charge in [0.15, 0.2) is 0 Å². The van der Waals surface area contributed by atoms with Crippen LogP contribution in [0.1, 0.15) is 23.6 Å². The molecule has 0 saturated carbocycles. The molecule has 5 nitrogen and oxygen atoms in total. The molecule has 1 aromatic carbocycles. The topological polar surface area (TPSA) is 59.8 Å². The third-order valence-electron chi connectivity index (χ3n) is 4.04. The molecule has 120 valence electrons. The van der Waals surface area contributed by atoms with E-state index >= 15 is 0 Å². The van der Waals surface area contributed by atoms with E-state index in [4.69, 9.17) is 11.6 Å². The molecule has 0 aliphatic carbocycles. The number of amides is 1. The number of benzene rings is 1. The zero-order valence-corrected chi connectivity index (χ0v) is 13.2. The Morgan fingerprint density at radius 3 is 2.96 bits per heavy atom. The van der Waals surface area contributed by atoms with E-state index in [2.05, 4.69) is 15.3 Å². The molecule has 0 radical (unpaired) electrons. The van der Waals surface area contributed by atoms with Crippen molar-refractivity contribution in [2.45, 2.75) is 12.3 Å². The number of halogens is 2. The van der Waals surface area contributed by atoms with Crippen LogP contribution in [0.5, 0.6) is 0 Å². The van der Waals surface area contributed by atoms with Crippen molar-refractivity contribution in [2.75, 3.05) is 5.32 Å². The number of anilines is 1. The predicted molar refractivity (Wildman–Crippen MR) is 87.9 cm³/mol. The van der Waals surface area contributed by atoms with Crippen molar-refractivity contribution in [3.8, 4) is 5.69 Å². The van der Waals surface area contributed by atoms with Crippen molar-refractivity contribution in [1.29, 1.82) is 0 Å². The van der Waals surface area contributed by atoms with Crippen molar-refractivity contribution in [3.63, 3.8) is 0 Å². The summed E-state index contributed by atoms with van der Waals surface area (Å²) in [5.41, 5.74) is 2.18. The highest BCUT2D eigenvalue weighted by Crippen LogP contribution is 2.39. The summed E-state index contributed by atoms with van der Waals surface area (Å²) >= 11 is 6.18. The average Bonchev–Trinajstić information content (AvgIpc) is 2.99. The Morgan fingerprint density at radius 2 is 2.21 bits per heavy atom. The lowest BCUT2D eigenvalue weighted by atomic mass is 9.89. The zero-order valence-electron chi connectivity index (χ0n) is 12.4. The quantitative estimate of drug-likeness (QED) is 0.775. The van der Waals surface area contributed by atoms with Crippen molar-refractivity contribution in [2.24, 2.45) is 0 Å². The van der Waals surface area contributed by atoms with Gasteiger partial charge in [0.2, 0.25) is 5.91 Å². The molecule has 1 N–H and O–H groups in total. The Balaban J connectivity index is 1.84. The average molecular weight is 343 g/mol. The summed E-state index contributed by atoms with van der Waals surface area (Å²) in [4.78, 5) is 20.7. The summed E-state index contributed by atoms with van der Waals surface area (Å²) in [7, 11) is 0. The Labute approximate surface area is 142 Å². The van der Waals surface area contributed by atoms with Gasteiger partial charge in [-0.05, 0) is 29.8 Å². The maximum absolute atomic E-state index is 13.3. The monoisotopic (exact) mass is 342 g/mol. The number of aromatic nitrogens is 3. The van der Waals surface area contributed by atoms with E-state index in [9.17, 15) is 9.18 Å². The van der Waals surface area contributed by atoms with Crippen molar-refractivity contribution < 1.29 is 9.18 Å². The standard InChI is InChI=1S/C17H12ClFN4O/c18-14-6-10(19)3-4-12(14)13-7-15(24)22-17-16(13)21-9-23(17)11-2-1-5-20-8-11/h1-6,8-9,13H,7H2,(H,22,24). The molecule has 3 aromatic rings. The van der Waals surface area contributed by atoms with Gasteiger partial charge >= 0.3 is 0 Å².